The van der Waals surface area contributed by atoms with Gasteiger partial charge >= 0.3 is 0 Å². The second-order valence-corrected chi connectivity index (χ2v) is 15.7. The van der Waals surface area contributed by atoms with E-state index in [0.717, 1.165) is 82.4 Å². The molecule has 0 radical (unpaired) electrons. The summed E-state index contributed by atoms with van der Waals surface area (Å²) in [6.07, 6.45) is 0. The fourth-order valence-electron chi connectivity index (χ4n) is 8.21. The van der Waals surface area contributed by atoms with E-state index in [2.05, 4.69) is 152 Å². The molecule has 5 nitrogen and oxygen atoms in total. The molecule has 0 aliphatic heterocycles. The summed E-state index contributed by atoms with van der Waals surface area (Å²) in [6.45, 7) is 0. The minimum atomic E-state index is 0.639. The van der Waals surface area contributed by atoms with Crippen LogP contribution in [0.15, 0.2) is 186 Å². The summed E-state index contributed by atoms with van der Waals surface area (Å²) >= 11 is 1.74. The molecule has 0 atom stereocenters. The average Bonchev–Trinajstić information content (AvgIpc) is 3.87. The van der Waals surface area contributed by atoms with Crippen LogP contribution in [0.4, 0.5) is 0 Å². The molecule has 0 spiro atoms. The summed E-state index contributed by atoms with van der Waals surface area (Å²) < 4.78 is 8.47. The molecule has 0 fully saturated rings. The Kier molecular flexibility index (Phi) is 7.33. The maximum absolute atomic E-state index is 6.18. The normalized spacial score (nSPS) is 11.8. The molecule has 4 heterocycles. The lowest BCUT2D eigenvalue weighted by Gasteiger charge is -2.11. The Morgan fingerprint density at radius 1 is 0.362 bits per heavy atom. The van der Waals surface area contributed by atoms with Crippen LogP contribution in [0.2, 0.25) is 0 Å². The summed E-state index contributed by atoms with van der Waals surface area (Å²) in [5.41, 5.74) is 10.2. The van der Waals surface area contributed by atoms with Gasteiger partial charge in [0, 0.05) is 48.7 Å². The van der Waals surface area contributed by atoms with Crippen molar-refractivity contribution in [3.05, 3.63) is 182 Å². The van der Waals surface area contributed by atoms with Gasteiger partial charge in [0.1, 0.15) is 11.2 Å². The number of nitrogens with zero attached hydrogens (tertiary/aromatic N) is 4. The zero-order valence-corrected chi connectivity index (χ0v) is 31.7. The first-order valence-corrected chi connectivity index (χ1v) is 20.1. The zero-order valence-electron chi connectivity index (χ0n) is 30.9. The van der Waals surface area contributed by atoms with E-state index < -0.39 is 0 Å². The van der Waals surface area contributed by atoms with Gasteiger partial charge < -0.3 is 4.42 Å². The van der Waals surface area contributed by atoms with Crippen molar-refractivity contribution in [1.29, 1.82) is 0 Å². The van der Waals surface area contributed by atoms with Crippen molar-refractivity contribution in [2.24, 2.45) is 0 Å². The van der Waals surface area contributed by atoms with Crippen LogP contribution >= 0.6 is 11.3 Å². The van der Waals surface area contributed by atoms with Gasteiger partial charge in [0.25, 0.3) is 0 Å². The van der Waals surface area contributed by atoms with Crippen LogP contribution in [0.3, 0.4) is 0 Å². The largest absolute Gasteiger partial charge is 0.456 e. The first-order valence-electron chi connectivity index (χ1n) is 19.3. The number of thiophene rings is 1. The number of furan rings is 1. The number of aromatic nitrogens is 4. The van der Waals surface area contributed by atoms with Gasteiger partial charge in [-0.2, -0.15) is 0 Å². The minimum absolute atomic E-state index is 0.639. The predicted octanol–water partition coefficient (Wildman–Crippen LogP) is 14.2. The van der Waals surface area contributed by atoms with Gasteiger partial charge in [0.15, 0.2) is 11.6 Å². The molecule has 0 aliphatic carbocycles. The predicted molar refractivity (Wildman–Crippen MR) is 240 cm³/mol. The van der Waals surface area contributed by atoms with E-state index in [1.54, 1.807) is 11.3 Å². The number of rotatable bonds is 5. The number of benzene rings is 8. The summed E-state index contributed by atoms with van der Waals surface area (Å²) in [5, 5.41) is 8.13. The van der Waals surface area contributed by atoms with Gasteiger partial charge in [0.05, 0.1) is 27.3 Å². The van der Waals surface area contributed by atoms with Crippen molar-refractivity contribution in [3.8, 4) is 56.5 Å². The molecule has 0 aliphatic rings. The number of hydrogen-bond donors (Lipinski definition) is 0. The molecule has 0 saturated heterocycles. The standard InChI is InChI=1S/C52H30N4OS/c1-2-11-32(12-3-1)48-50-49(41-15-7-9-17-47(41)58-50)56-52(55-48)34-21-19-33(20-22-34)51-53-43(36-24-26-39-35(28-36)23-18-31-10-4-5-13-38(31)39)30-44(54-51)37-25-27-46-42(29-37)40-14-6-8-16-45(40)57-46/h1-30H. The molecule has 4 aromatic heterocycles. The smallest absolute Gasteiger partial charge is 0.160 e. The lowest BCUT2D eigenvalue weighted by Crippen LogP contribution is -1.97. The fourth-order valence-corrected chi connectivity index (χ4v) is 9.36. The molecule has 58 heavy (non-hydrogen) atoms. The average molecular weight is 759 g/mol. The van der Waals surface area contributed by atoms with Crippen molar-refractivity contribution in [3.63, 3.8) is 0 Å². The number of hydrogen-bond acceptors (Lipinski definition) is 6. The third-order valence-electron chi connectivity index (χ3n) is 11.1. The van der Waals surface area contributed by atoms with Crippen LogP contribution in [-0.4, -0.2) is 19.9 Å². The molecule has 0 N–H and O–H groups in total. The summed E-state index contributed by atoms with van der Waals surface area (Å²) in [7, 11) is 0. The Hall–Kier alpha value is -7.54. The third kappa shape index (κ3) is 5.38. The molecule has 0 saturated carbocycles. The molecule has 0 unspecified atom stereocenters. The maximum atomic E-state index is 6.18. The minimum Gasteiger partial charge on any atom is -0.456 e. The number of para-hydroxylation sites is 1. The summed E-state index contributed by atoms with van der Waals surface area (Å²) in [5.74, 6) is 1.32. The van der Waals surface area contributed by atoms with Gasteiger partial charge in [-0.3, -0.25) is 0 Å². The third-order valence-corrected chi connectivity index (χ3v) is 12.3. The molecular weight excluding hydrogens is 729 g/mol. The highest BCUT2D eigenvalue weighted by atomic mass is 32.1. The topological polar surface area (TPSA) is 64.7 Å². The summed E-state index contributed by atoms with van der Waals surface area (Å²) in [4.78, 5) is 20.8. The molecule has 12 aromatic rings. The Morgan fingerprint density at radius 2 is 0.966 bits per heavy atom. The van der Waals surface area contributed by atoms with E-state index in [1.165, 1.54) is 26.2 Å². The van der Waals surface area contributed by atoms with Crippen LogP contribution in [0.25, 0.3) is 120 Å². The van der Waals surface area contributed by atoms with Crippen LogP contribution in [0.5, 0.6) is 0 Å². The quantitative estimate of drug-likeness (QED) is 0.164. The highest BCUT2D eigenvalue weighted by molar-refractivity contribution is 7.26. The first-order chi connectivity index (χ1) is 28.7. The second kappa shape index (κ2) is 13.0. The van der Waals surface area contributed by atoms with Crippen molar-refractivity contribution in [1.82, 2.24) is 19.9 Å². The molecule has 8 aromatic carbocycles. The van der Waals surface area contributed by atoms with E-state index >= 15 is 0 Å². The van der Waals surface area contributed by atoms with E-state index in [-0.39, 0.29) is 0 Å². The van der Waals surface area contributed by atoms with Gasteiger partial charge in [-0.05, 0) is 64.0 Å². The van der Waals surface area contributed by atoms with E-state index in [0.29, 0.717) is 11.6 Å². The van der Waals surface area contributed by atoms with E-state index in [4.69, 9.17) is 24.4 Å². The molecule has 270 valence electrons. The second-order valence-electron chi connectivity index (χ2n) is 14.6. The summed E-state index contributed by atoms with van der Waals surface area (Å²) in [6, 6.07) is 63.3. The number of fused-ring (bicyclic) bond motifs is 9. The fraction of sp³-hybridized carbons (Fsp3) is 0. The highest BCUT2D eigenvalue weighted by Crippen LogP contribution is 2.40. The Balaban J connectivity index is 1.00. The first kappa shape index (κ1) is 32.7. The molecular formula is C52H30N4OS. The Morgan fingerprint density at radius 3 is 1.79 bits per heavy atom. The molecule has 0 bridgehead atoms. The molecule has 6 heteroatoms. The lowest BCUT2D eigenvalue weighted by atomic mass is 9.98. The Labute approximate surface area is 336 Å². The van der Waals surface area contributed by atoms with Gasteiger partial charge in [-0.1, -0.05) is 140 Å². The van der Waals surface area contributed by atoms with Crippen molar-refractivity contribution in [2.45, 2.75) is 0 Å². The van der Waals surface area contributed by atoms with Gasteiger partial charge in [0.2, 0.25) is 0 Å². The SMILES string of the molecule is c1ccc(-c2nc(-c3ccc(-c4nc(-c5ccc6c(ccc7ccccc76)c5)cc(-c5ccc6oc7ccccc7c6c5)n4)cc3)nc3c2sc2ccccc23)cc1. The van der Waals surface area contributed by atoms with Crippen LogP contribution in [-0.2, 0) is 0 Å². The zero-order chi connectivity index (χ0) is 38.2. The van der Waals surface area contributed by atoms with Crippen LogP contribution < -0.4 is 0 Å². The van der Waals surface area contributed by atoms with Gasteiger partial charge in [-0.15, -0.1) is 11.3 Å². The van der Waals surface area contributed by atoms with Crippen molar-refractivity contribution < 1.29 is 4.42 Å². The lowest BCUT2D eigenvalue weighted by molar-refractivity contribution is 0.669. The monoisotopic (exact) mass is 758 g/mol. The van der Waals surface area contributed by atoms with E-state index in [9.17, 15) is 0 Å². The highest BCUT2D eigenvalue weighted by Gasteiger charge is 2.18. The molecule has 12 rings (SSSR count). The molecule has 0 amide bonds. The van der Waals surface area contributed by atoms with Crippen LogP contribution in [0.1, 0.15) is 0 Å². The van der Waals surface area contributed by atoms with Gasteiger partial charge in [-0.25, -0.2) is 19.9 Å². The van der Waals surface area contributed by atoms with Crippen LogP contribution in [0, 0.1) is 0 Å². The maximum Gasteiger partial charge on any atom is 0.160 e. The van der Waals surface area contributed by atoms with Crippen molar-refractivity contribution >= 4 is 75.1 Å². The Bertz CT molecular complexity index is 3570. The van der Waals surface area contributed by atoms with E-state index in [1.807, 2.05) is 30.3 Å². The van der Waals surface area contributed by atoms with Crippen molar-refractivity contribution in [2.75, 3.05) is 0 Å².